The lowest BCUT2D eigenvalue weighted by Gasteiger charge is -2.11. The molecule has 92 valence electrons. The first kappa shape index (κ1) is 12.2. The van der Waals surface area contributed by atoms with Crippen LogP contribution in [0.15, 0.2) is 6.07 Å². The second-order valence-electron chi connectivity index (χ2n) is 3.76. The Morgan fingerprint density at radius 3 is 2.82 bits per heavy atom. The molecule has 0 bridgehead atoms. The van der Waals surface area contributed by atoms with Crippen LogP contribution in [0, 0.1) is 0 Å². The predicted molar refractivity (Wildman–Crippen MR) is 65.0 cm³/mol. The molecule has 0 fully saturated rings. The van der Waals surface area contributed by atoms with Crippen LogP contribution in [0.5, 0.6) is 11.5 Å². The van der Waals surface area contributed by atoms with Gasteiger partial charge in [-0.3, -0.25) is 4.79 Å². The van der Waals surface area contributed by atoms with Crippen molar-refractivity contribution in [3.05, 3.63) is 22.2 Å². The van der Waals surface area contributed by atoms with Crippen molar-refractivity contribution in [1.82, 2.24) is 0 Å². The molecule has 1 aromatic carbocycles. The quantitative estimate of drug-likeness (QED) is 0.838. The number of benzene rings is 1. The second-order valence-corrected chi connectivity index (χ2v) is 4.17. The fraction of sp³-hybridized carbons (Fsp3) is 0.417. The van der Waals surface area contributed by atoms with Gasteiger partial charge in [-0.1, -0.05) is 18.5 Å². The number of fused-ring (bicyclic) bond motifs is 1. The van der Waals surface area contributed by atoms with E-state index in [2.05, 4.69) is 0 Å². The summed E-state index contributed by atoms with van der Waals surface area (Å²) in [4.78, 5) is 11.9. The largest absolute Gasteiger partial charge is 0.453 e. The maximum atomic E-state index is 11.9. The number of nitrogens with two attached hydrogens (primary N) is 1. The third-order valence-electron chi connectivity index (χ3n) is 2.73. The van der Waals surface area contributed by atoms with Gasteiger partial charge in [-0.2, -0.15) is 0 Å². The van der Waals surface area contributed by atoms with Crippen molar-refractivity contribution in [2.24, 2.45) is 5.73 Å². The molecule has 0 radical (unpaired) electrons. The minimum atomic E-state index is -0.00968. The van der Waals surface area contributed by atoms with Crippen molar-refractivity contribution < 1.29 is 14.3 Å². The summed E-state index contributed by atoms with van der Waals surface area (Å²) in [7, 11) is 0. The smallest absolute Gasteiger partial charge is 0.231 e. The van der Waals surface area contributed by atoms with Gasteiger partial charge in [-0.25, -0.2) is 0 Å². The lowest BCUT2D eigenvalue weighted by Crippen LogP contribution is -2.10. The van der Waals surface area contributed by atoms with Crippen LogP contribution < -0.4 is 15.2 Å². The molecule has 1 heterocycles. The van der Waals surface area contributed by atoms with Gasteiger partial charge in [0.05, 0.1) is 5.02 Å². The molecule has 0 atom stereocenters. The SMILES string of the molecule is CCc1c(C(=O)CCN)cc(Cl)c2c1OCO2. The number of carbonyl (C=O) groups is 1. The lowest BCUT2D eigenvalue weighted by atomic mass is 9.98. The van der Waals surface area contributed by atoms with Crippen molar-refractivity contribution in [2.45, 2.75) is 19.8 Å². The summed E-state index contributed by atoms with van der Waals surface area (Å²) < 4.78 is 10.7. The Labute approximate surface area is 105 Å². The van der Waals surface area contributed by atoms with Gasteiger partial charge < -0.3 is 15.2 Å². The summed E-state index contributed by atoms with van der Waals surface area (Å²) in [6, 6.07) is 1.64. The Balaban J connectivity index is 2.52. The summed E-state index contributed by atoms with van der Waals surface area (Å²) in [5, 5.41) is 0.412. The van der Waals surface area contributed by atoms with Gasteiger partial charge in [0.15, 0.2) is 17.3 Å². The first-order chi connectivity index (χ1) is 8.19. The highest BCUT2D eigenvalue weighted by atomic mass is 35.5. The molecule has 2 rings (SSSR count). The average Bonchev–Trinajstić information content (AvgIpc) is 2.78. The van der Waals surface area contributed by atoms with Crippen molar-refractivity contribution in [2.75, 3.05) is 13.3 Å². The van der Waals surface area contributed by atoms with E-state index in [0.29, 0.717) is 41.5 Å². The van der Waals surface area contributed by atoms with E-state index in [1.807, 2.05) is 6.92 Å². The van der Waals surface area contributed by atoms with Crippen LogP contribution in [-0.4, -0.2) is 19.1 Å². The molecule has 2 N–H and O–H groups in total. The molecule has 1 aliphatic rings. The van der Waals surface area contributed by atoms with E-state index < -0.39 is 0 Å². The highest BCUT2D eigenvalue weighted by Gasteiger charge is 2.25. The molecule has 5 heteroatoms. The lowest BCUT2D eigenvalue weighted by molar-refractivity contribution is 0.0984. The minimum absolute atomic E-state index is 0.00968. The fourth-order valence-corrected chi connectivity index (χ4v) is 2.20. The Bertz CT molecular complexity index is 460. The molecule has 1 aliphatic heterocycles. The zero-order valence-corrected chi connectivity index (χ0v) is 10.3. The van der Waals surface area contributed by atoms with Crippen LogP contribution in [0.2, 0.25) is 5.02 Å². The molecular weight excluding hydrogens is 242 g/mol. The highest BCUT2D eigenvalue weighted by molar-refractivity contribution is 6.33. The number of halogens is 1. The molecule has 4 nitrogen and oxygen atoms in total. The fourth-order valence-electron chi connectivity index (χ4n) is 1.95. The number of ketones is 1. The number of hydrogen-bond acceptors (Lipinski definition) is 4. The summed E-state index contributed by atoms with van der Waals surface area (Å²) in [6.07, 6.45) is 0.997. The van der Waals surface area contributed by atoms with E-state index in [1.165, 1.54) is 0 Å². The Hall–Kier alpha value is -1.26. The van der Waals surface area contributed by atoms with E-state index in [9.17, 15) is 4.79 Å². The topological polar surface area (TPSA) is 61.6 Å². The average molecular weight is 256 g/mol. The molecule has 0 amide bonds. The van der Waals surface area contributed by atoms with Crippen molar-refractivity contribution in [1.29, 1.82) is 0 Å². The van der Waals surface area contributed by atoms with Gasteiger partial charge in [0, 0.05) is 17.5 Å². The summed E-state index contributed by atoms with van der Waals surface area (Å²) in [5.74, 6) is 1.12. The normalized spacial score (nSPS) is 12.9. The second kappa shape index (κ2) is 4.94. The number of ether oxygens (including phenoxy) is 2. The minimum Gasteiger partial charge on any atom is -0.453 e. The third-order valence-corrected chi connectivity index (χ3v) is 3.01. The summed E-state index contributed by atoms with van der Waals surface area (Å²) in [5.41, 5.74) is 6.84. The van der Waals surface area contributed by atoms with Crippen LogP contribution in [0.4, 0.5) is 0 Å². The molecule has 0 saturated carbocycles. The molecule has 1 aromatic rings. The molecule has 0 spiro atoms. The third kappa shape index (κ3) is 2.10. The molecule has 0 saturated heterocycles. The van der Waals surface area contributed by atoms with Gasteiger partial charge in [0.1, 0.15) is 0 Å². The van der Waals surface area contributed by atoms with Crippen LogP contribution in [-0.2, 0) is 6.42 Å². The Morgan fingerprint density at radius 2 is 2.18 bits per heavy atom. The van der Waals surface area contributed by atoms with Crippen LogP contribution >= 0.6 is 11.6 Å². The Kier molecular flexibility index (Phi) is 3.54. The monoisotopic (exact) mass is 255 g/mol. The van der Waals surface area contributed by atoms with E-state index in [-0.39, 0.29) is 12.6 Å². The summed E-state index contributed by atoms with van der Waals surface area (Å²) in [6.45, 7) is 2.44. The number of carbonyl (C=O) groups excluding carboxylic acids is 1. The van der Waals surface area contributed by atoms with Gasteiger partial charge >= 0.3 is 0 Å². The number of rotatable bonds is 4. The molecule has 0 aliphatic carbocycles. The van der Waals surface area contributed by atoms with Gasteiger partial charge in [-0.15, -0.1) is 0 Å². The van der Waals surface area contributed by atoms with Crippen molar-refractivity contribution in [3.63, 3.8) is 0 Å². The van der Waals surface area contributed by atoms with E-state index in [0.717, 1.165) is 5.56 Å². The predicted octanol–water partition coefficient (Wildman–Crippen LogP) is 2.16. The zero-order valence-electron chi connectivity index (χ0n) is 9.59. The standard InChI is InChI=1S/C12H14ClNO3/c1-2-7-8(10(15)3-4-14)5-9(13)12-11(7)16-6-17-12/h5H,2-4,6,14H2,1H3. The maximum Gasteiger partial charge on any atom is 0.231 e. The van der Waals surface area contributed by atoms with E-state index in [4.69, 9.17) is 26.8 Å². The van der Waals surface area contributed by atoms with Crippen LogP contribution in [0.1, 0.15) is 29.3 Å². The van der Waals surface area contributed by atoms with Crippen LogP contribution in [0.25, 0.3) is 0 Å². The van der Waals surface area contributed by atoms with Crippen molar-refractivity contribution in [3.8, 4) is 11.5 Å². The summed E-state index contributed by atoms with van der Waals surface area (Å²) >= 11 is 6.06. The van der Waals surface area contributed by atoms with Gasteiger partial charge in [-0.05, 0) is 19.0 Å². The zero-order chi connectivity index (χ0) is 12.4. The first-order valence-electron chi connectivity index (χ1n) is 5.53. The molecule has 17 heavy (non-hydrogen) atoms. The highest BCUT2D eigenvalue weighted by Crippen LogP contribution is 2.43. The van der Waals surface area contributed by atoms with Gasteiger partial charge in [0.2, 0.25) is 6.79 Å². The van der Waals surface area contributed by atoms with E-state index >= 15 is 0 Å². The van der Waals surface area contributed by atoms with Crippen molar-refractivity contribution >= 4 is 17.4 Å². The molecule has 0 unspecified atom stereocenters. The Morgan fingerprint density at radius 1 is 1.47 bits per heavy atom. The first-order valence-corrected chi connectivity index (χ1v) is 5.91. The van der Waals surface area contributed by atoms with E-state index in [1.54, 1.807) is 6.07 Å². The molecule has 0 aromatic heterocycles. The molecular formula is C12H14ClNO3. The maximum absolute atomic E-state index is 11.9. The number of Topliss-reactive ketones (excluding diaryl/α,β-unsaturated/α-hetero) is 1. The number of hydrogen-bond donors (Lipinski definition) is 1. The van der Waals surface area contributed by atoms with Crippen LogP contribution in [0.3, 0.4) is 0 Å². The van der Waals surface area contributed by atoms with Gasteiger partial charge in [0.25, 0.3) is 0 Å².